The highest BCUT2D eigenvalue weighted by atomic mass is 35.5. The Morgan fingerprint density at radius 3 is 2.56 bits per heavy atom. The van der Waals surface area contributed by atoms with E-state index >= 15 is 0 Å². The van der Waals surface area contributed by atoms with E-state index in [4.69, 9.17) is 16.3 Å². The third-order valence-corrected chi connectivity index (χ3v) is 5.28. The number of amides is 1. The van der Waals surface area contributed by atoms with Crippen LogP contribution in [0.2, 0.25) is 5.02 Å². The number of hydrogen-bond donors (Lipinski definition) is 1. The number of carbonyl (C=O) groups is 1. The van der Waals surface area contributed by atoms with Crippen molar-refractivity contribution in [1.29, 1.82) is 0 Å². The molecule has 0 aliphatic heterocycles. The lowest BCUT2D eigenvalue weighted by molar-refractivity contribution is -0.118. The molecule has 1 N–H and O–H groups in total. The number of anilines is 1. The van der Waals surface area contributed by atoms with Gasteiger partial charge in [-0.05, 0) is 61.1 Å². The first-order chi connectivity index (χ1) is 12.1. The minimum Gasteiger partial charge on any atom is -0.484 e. The molecule has 0 aromatic heterocycles. The van der Waals surface area contributed by atoms with Gasteiger partial charge in [-0.2, -0.15) is 0 Å². The molecule has 1 saturated carbocycles. The minimum absolute atomic E-state index is 0.0191. The van der Waals surface area contributed by atoms with Crippen molar-refractivity contribution in [2.24, 2.45) is 0 Å². The second-order valence-corrected chi connectivity index (χ2v) is 7.06. The standard InChI is InChI=1S/C21H24ClNO2/c1-15-19(22)8-5-9-20(15)23-21(24)14-25-18-12-10-17(11-13-18)16-6-3-2-4-7-16/h5,8-13,16H,2-4,6-7,14H2,1H3,(H,23,24). The number of rotatable bonds is 5. The molecular formula is C21H24ClNO2. The van der Waals surface area contributed by atoms with Crippen LogP contribution in [0.25, 0.3) is 0 Å². The van der Waals surface area contributed by atoms with Crippen LogP contribution in [0.1, 0.15) is 49.1 Å². The Morgan fingerprint density at radius 2 is 1.84 bits per heavy atom. The van der Waals surface area contributed by atoms with Gasteiger partial charge < -0.3 is 10.1 Å². The monoisotopic (exact) mass is 357 g/mol. The van der Waals surface area contributed by atoms with Crippen molar-refractivity contribution in [2.45, 2.75) is 44.9 Å². The van der Waals surface area contributed by atoms with Crippen LogP contribution in [0.15, 0.2) is 42.5 Å². The molecule has 25 heavy (non-hydrogen) atoms. The molecule has 0 unspecified atom stereocenters. The fraction of sp³-hybridized carbons (Fsp3) is 0.381. The van der Waals surface area contributed by atoms with E-state index in [2.05, 4.69) is 17.4 Å². The summed E-state index contributed by atoms with van der Waals surface area (Å²) in [6, 6.07) is 13.6. The normalized spacial score (nSPS) is 15.0. The van der Waals surface area contributed by atoms with Gasteiger partial charge in [-0.15, -0.1) is 0 Å². The molecule has 3 nitrogen and oxygen atoms in total. The van der Waals surface area contributed by atoms with Gasteiger partial charge >= 0.3 is 0 Å². The molecule has 1 amide bonds. The molecule has 1 fully saturated rings. The van der Waals surface area contributed by atoms with Crippen molar-refractivity contribution < 1.29 is 9.53 Å². The summed E-state index contributed by atoms with van der Waals surface area (Å²) in [5.74, 6) is 1.20. The average molecular weight is 358 g/mol. The smallest absolute Gasteiger partial charge is 0.262 e. The Hall–Kier alpha value is -2.00. The van der Waals surface area contributed by atoms with Crippen molar-refractivity contribution in [3.8, 4) is 5.75 Å². The van der Waals surface area contributed by atoms with E-state index in [1.807, 2.05) is 31.2 Å². The van der Waals surface area contributed by atoms with Gasteiger partial charge in [-0.3, -0.25) is 4.79 Å². The van der Waals surface area contributed by atoms with Gasteiger partial charge in [0, 0.05) is 10.7 Å². The van der Waals surface area contributed by atoms with E-state index in [0.29, 0.717) is 16.6 Å². The summed E-state index contributed by atoms with van der Waals surface area (Å²) >= 11 is 6.07. The maximum Gasteiger partial charge on any atom is 0.262 e. The SMILES string of the molecule is Cc1c(Cl)cccc1NC(=O)COc1ccc(C2CCCCC2)cc1. The van der Waals surface area contributed by atoms with Gasteiger partial charge in [0.05, 0.1) is 0 Å². The number of hydrogen-bond acceptors (Lipinski definition) is 2. The summed E-state index contributed by atoms with van der Waals surface area (Å²) in [5, 5.41) is 3.47. The molecule has 3 rings (SSSR count). The van der Waals surface area contributed by atoms with Crippen LogP contribution in [0.5, 0.6) is 5.75 Å². The molecule has 0 spiro atoms. The van der Waals surface area contributed by atoms with Gasteiger partial charge in [0.2, 0.25) is 0 Å². The molecule has 132 valence electrons. The zero-order chi connectivity index (χ0) is 17.6. The molecule has 1 aliphatic rings. The summed E-state index contributed by atoms with van der Waals surface area (Å²) in [6.45, 7) is 1.86. The topological polar surface area (TPSA) is 38.3 Å². The van der Waals surface area contributed by atoms with E-state index in [-0.39, 0.29) is 12.5 Å². The van der Waals surface area contributed by atoms with Gasteiger partial charge in [0.15, 0.2) is 6.61 Å². The highest BCUT2D eigenvalue weighted by Gasteiger charge is 2.15. The average Bonchev–Trinajstić information content (AvgIpc) is 2.65. The largest absolute Gasteiger partial charge is 0.484 e. The van der Waals surface area contributed by atoms with Gasteiger partial charge in [0.1, 0.15) is 5.75 Å². The lowest BCUT2D eigenvalue weighted by atomic mass is 9.84. The fourth-order valence-electron chi connectivity index (χ4n) is 3.35. The molecule has 1 aliphatic carbocycles. The molecule has 2 aromatic rings. The molecule has 0 saturated heterocycles. The second kappa shape index (κ2) is 8.39. The molecule has 2 aromatic carbocycles. The molecule has 0 bridgehead atoms. The quantitative estimate of drug-likeness (QED) is 0.743. The lowest BCUT2D eigenvalue weighted by Gasteiger charge is -2.22. The number of halogens is 1. The summed E-state index contributed by atoms with van der Waals surface area (Å²) in [4.78, 5) is 12.1. The minimum atomic E-state index is -0.193. The lowest BCUT2D eigenvalue weighted by Crippen LogP contribution is -2.20. The highest BCUT2D eigenvalue weighted by molar-refractivity contribution is 6.31. The van der Waals surface area contributed by atoms with Gasteiger partial charge in [-0.25, -0.2) is 0 Å². The first-order valence-corrected chi connectivity index (χ1v) is 9.29. The zero-order valence-electron chi connectivity index (χ0n) is 14.6. The van der Waals surface area contributed by atoms with E-state index in [0.717, 1.165) is 11.3 Å². The summed E-state index contributed by atoms with van der Waals surface area (Å²) < 4.78 is 5.61. The van der Waals surface area contributed by atoms with Gasteiger partial charge in [0.25, 0.3) is 5.91 Å². The van der Waals surface area contributed by atoms with E-state index in [1.165, 1.54) is 37.7 Å². The number of ether oxygens (including phenoxy) is 1. The number of carbonyl (C=O) groups excluding carboxylic acids is 1. The second-order valence-electron chi connectivity index (χ2n) is 6.65. The summed E-state index contributed by atoms with van der Waals surface area (Å²) in [6.07, 6.45) is 6.57. The zero-order valence-corrected chi connectivity index (χ0v) is 15.3. The molecule has 0 radical (unpaired) electrons. The van der Waals surface area contributed by atoms with Crippen molar-refractivity contribution in [1.82, 2.24) is 0 Å². The first kappa shape index (κ1) is 17.8. The van der Waals surface area contributed by atoms with Crippen LogP contribution in [-0.4, -0.2) is 12.5 Å². The Labute approximate surface area is 154 Å². The van der Waals surface area contributed by atoms with E-state index in [1.54, 1.807) is 6.07 Å². The van der Waals surface area contributed by atoms with Crippen LogP contribution in [0.4, 0.5) is 5.69 Å². The van der Waals surface area contributed by atoms with Crippen molar-refractivity contribution in [3.63, 3.8) is 0 Å². The molecular weight excluding hydrogens is 334 g/mol. The number of nitrogens with one attached hydrogen (secondary N) is 1. The highest BCUT2D eigenvalue weighted by Crippen LogP contribution is 2.33. The molecule has 0 heterocycles. The maximum atomic E-state index is 12.1. The maximum absolute atomic E-state index is 12.1. The Morgan fingerprint density at radius 1 is 1.12 bits per heavy atom. The van der Waals surface area contributed by atoms with Crippen LogP contribution in [0.3, 0.4) is 0 Å². The van der Waals surface area contributed by atoms with Crippen LogP contribution < -0.4 is 10.1 Å². The molecule has 4 heteroatoms. The van der Waals surface area contributed by atoms with Crippen LogP contribution in [-0.2, 0) is 4.79 Å². The Kier molecular flexibility index (Phi) is 5.98. The third kappa shape index (κ3) is 4.76. The summed E-state index contributed by atoms with van der Waals surface area (Å²) in [7, 11) is 0. The Bertz CT molecular complexity index is 721. The number of benzene rings is 2. The van der Waals surface area contributed by atoms with Gasteiger partial charge in [-0.1, -0.05) is 49.1 Å². The molecule has 0 atom stereocenters. The van der Waals surface area contributed by atoms with Crippen LogP contribution in [0, 0.1) is 6.92 Å². The predicted molar refractivity (Wildman–Crippen MR) is 103 cm³/mol. The third-order valence-electron chi connectivity index (χ3n) is 4.87. The van der Waals surface area contributed by atoms with Crippen LogP contribution >= 0.6 is 11.6 Å². The van der Waals surface area contributed by atoms with E-state index < -0.39 is 0 Å². The van der Waals surface area contributed by atoms with E-state index in [9.17, 15) is 4.79 Å². The van der Waals surface area contributed by atoms with Crippen molar-refractivity contribution >= 4 is 23.2 Å². The first-order valence-electron chi connectivity index (χ1n) is 8.91. The van der Waals surface area contributed by atoms with Crippen molar-refractivity contribution in [2.75, 3.05) is 11.9 Å². The Balaban J connectivity index is 1.52. The fourth-order valence-corrected chi connectivity index (χ4v) is 3.52. The predicted octanol–water partition coefficient (Wildman–Crippen LogP) is 5.71. The summed E-state index contributed by atoms with van der Waals surface area (Å²) in [5.41, 5.74) is 2.95. The van der Waals surface area contributed by atoms with Crippen molar-refractivity contribution in [3.05, 3.63) is 58.6 Å².